The van der Waals surface area contributed by atoms with Crippen molar-refractivity contribution in [1.82, 2.24) is 15.9 Å². The highest BCUT2D eigenvalue weighted by Gasteiger charge is 2.50. The number of nitrogens with one attached hydrogen (secondary N) is 3. The van der Waals surface area contributed by atoms with Crippen LogP contribution in [0.2, 0.25) is 0 Å². The maximum absolute atomic E-state index is 15.0. The van der Waals surface area contributed by atoms with Gasteiger partial charge in [-0.15, -0.1) is 5.11 Å². The number of nitrogens with zero attached hydrogens (tertiary/aromatic N) is 4. The highest BCUT2D eigenvalue weighted by molar-refractivity contribution is 5.98. The molecule has 1 amide bonds. The normalized spacial score (nSPS) is 26.9. The van der Waals surface area contributed by atoms with Gasteiger partial charge in [0.15, 0.2) is 17.2 Å². The standard InChI is InChI=1S/C22H25F2N7O2/c1-33-14-2-11-26-31-22(28-29-31)9-7-21(8-10-22,20(32)27-15-3-4-15)30-13-12-25-17-6-5-16(23)18(24)19(17)30/h5-10,12-13,15,25-26H,2-4,11,14H2,1H3,(H,27,32). The van der Waals surface area contributed by atoms with Crippen molar-refractivity contribution in [3.05, 3.63) is 60.5 Å². The molecule has 0 saturated heterocycles. The van der Waals surface area contributed by atoms with Crippen LogP contribution in [0.5, 0.6) is 0 Å². The molecule has 2 aliphatic heterocycles. The van der Waals surface area contributed by atoms with Crippen LogP contribution in [0.25, 0.3) is 0 Å². The molecular weight excluding hydrogens is 432 g/mol. The molecule has 2 aliphatic carbocycles. The summed E-state index contributed by atoms with van der Waals surface area (Å²) in [5.74, 6) is -2.35. The first-order valence-corrected chi connectivity index (χ1v) is 10.9. The van der Waals surface area contributed by atoms with Gasteiger partial charge in [0.25, 0.3) is 5.91 Å². The molecule has 11 heteroatoms. The Hall–Kier alpha value is -3.31. The molecule has 33 heavy (non-hydrogen) atoms. The number of carbonyl (C=O) groups is 1. The van der Waals surface area contributed by atoms with E-state index < -0.39 is 22.8 Å². The molecule has 4 aliphatic rings. The number of anilines is 2. The van der Waals surface area contributed by atoms with Gasteiger partial charge < -0.3 is 20.3 Å². The van der Waals surface area contributed by atoms with E-state index in [0.29, 0.717) is 18.8 Å². The van der Waals surface area contributed by atoms with Gasteiger partial charge >= 0.3 is 0 Å². The van der Waals surface area contributed by atoms with E-state index in [1.807, 2.05) is 0 Å². The highest BCUT2D eigenvalue weighted by Crippen LogP contribution is 2.43. The van der Waals surface area contributed by atoms with Gasteiger partial charge in [0.05, 0.1) is 5.69 Å². The van der Waals surface area contributed by atoms with Crippen LogP contribution in [0, 0.1) is 11.6 Å². The van der Waals surface area contributed by atoms with Gasteiger partial charge in [-0.3, -0.25) is 4.79 Å². The number of amides is 1. The molecule has 0 atom stereocenters. The fraction of sp³-hybridized carbons (Fsp3) is 0.409. The Labute approximate surface area is 189 Å². The fourth-order valence-corrected chi connectivity index (χ4v) is 4.00. The molecule has 5 rings (SSSR count). The van der Waals surface area contributed by atoms with Gasteiger partial charge in [0.2, 0.25) is 5.66 Å². The van der Waals surface area contributed by atoms with E-state index in [0.717, 1.165) is 25.3 Å². The molecule has 0 bridgehead atoms. The van der Waals surface area contributed by atoms with Crippen molar-refractivity contribution in [3.8, 4) is 0 Å². The van der Waals surface area contributed by atoms with E-state index in [9.17, 15) is 13.6 Å². The van der Waals surface area contributed by atoms with Crippen molar-refractivity contribution in [3.63, 3.8) is 0 Å². The highest BCUT2D eigenvalue weighted by atomic mass is 19.2. The summed E-state index contributed by atoms with van der Waals surface area (Å²) in [4.78, 5) is 14.9. The largest absolute Gasteiger partial charge is 0.385 e. The average Bonchev–Trinajstić information content (AvgIpc) is 3.64. The molecule has 1 aromatic carbocycles. The summed E-state index contributed by atoms with van der Waals surface area (Å²) in [7, 11) is 1.64. The number of carbonyl (C=O) groups excluding carboxylic acids is 1. The Bertz CT molecular complexity index is 1050. The molecule has 2 heterocycles. The van der Waals surface area contributed by atoms with Crippen LogP contribution in [0.15, 0.2) is 59.2 Å². The molecule has 3 N–H and O–H groups in total. The monoisotopic (exact) mass is 457 g/mol. The van der Waals surface area contributed by atoms with Crippen molar-refractivity contribution >= 4 is 17.3 Å². The van der Waals surface area contributed by atoms with E-state index in [1.165, 1.54) is 17.2 Å². The maximum Gasteiger partial charge on any atom is 0.254 e. The second kappa shape index (κ2) is 8.23. The topological polar surface area (TPSA) is 93.6 Å². The van der Waals surface area contributed by atoms with Crippen LogP contribution in [0.1, 0.15) is 19.3 Å². The summed E-state index contributed by atoms with van der Waals surface area (Å²) < 4.78 is 34.2. The SMILES string of the molecule is COCCCNN1N=NC12C=CC(C(=O)NC1CC1)(N1C=CNc3ccc(F)c(F)c31)C=C2. The fourth-order valence-electron chi connectivity index (χ4n) is 4.00. The van der Waals surface area contributed by atoms with Gasteiger partial charge in [-0.25, -0.2) is 14.2 Å². The molecule has 1 fully saturated rings. The smallest absolute Gasteiger partial charge is 0.254 e. The molecular formula is C22H25F2N7O2. The Morgan fingerprint density at radius 2 is 2.06 bits per heavy atom. The number of ether oxygens (including phenoxy) is 1. The molecule has 0 radical (unpaired) electrons. The lowest BCUT2D eigenvalue weighted by Crippen LogP contribution is -2.61. The van der Waals surface area contributed by atoms with Gasteiger partial charge in [-0.2, -0.15) is 5.12 Å². The van der Waals surface area contributed by atoms with E-state index in [-0.39, 0.29) is 17.6 Å². The first kappa shape index (κ1) is 21.5. The number of hydrogen-bond acceptors (Lipinski definition) is 8. The minimum absolute atomic E-state index is 0.0431. The summed E-state index contributed by atoms with van der Waals surface area (Å²) in [6.45, 7) is 1.24. The first-order valence-electron chi connectivity index (χ1n) is 10.9. The van der Waals surface area contributed by atoms with E-state index in [1.54, 1.807) is 42.7 Å². The van der Waals surface area contributed by atoms with E-state index in [2.05, 4.69) is 26.4 Å². The molecule has 0 aromatic heterocycles. The zero-order valence-electron chi connectivity index (χ0n) is 18.1. The number of methoxy groups -OCH3 is 1. The van der Waals surface area contributed by atoms with Crippen LogP contribution in [0.4, 0.5) is 20.2 Å². The van der Waals surface area contributed by atoms with Crippen LogP contribution < -0.4 is 21.0 Å². The maximum atomic E-state index is 15.0. The molecule has 1 saturated carbocycles. The second-order valence-corrected chi connectivity index (χ2v) is 8.37. The van der Waals surface area contributed by atoms with Crippen molar-refractivity contribution in [1.29, 1.82) is 0 Å². The summed E-state index contributed by atoms with van der Waals surface area (Å²) in [6.07, 6.45) is 12.5. The van der Waals surface area contributed by atoms with Crippen molar-refractivity contribution in [2.24, 2.45) is 10.3 Å². The third kappa shape index (κ3) is 3.66. The molecule has 1 spiro atoms. The number of rotatable bonds is 8. The summed E-state index contributed by atoms with van der Waals surface area (Å²) >= 11 is 0. The summed E-state index contributed by atoms with van der Waals surface area (Å²) in [5, 5.41) is 15.8. The number of hydrogen-bond donors (Lipinski definition) is 3. The third-order valence-corrected chi connectivity index (χ3v) is 6.03. The molecule has 1 aromatic rings. The number of halogens is 2. The zero-order chi connectivity index (χ0) is 23.1. The predicted octanol–water partition coefficient (Wildman–Crippen LogP) is 2.73. The molecule has 0 unspecified atom stereocenters. The number of hydrazine groups is 1. The van der Waals surface area contributed by atoms with Gasteiger partial charge in [0, 0.05) is 38.7 Å². The Morgan fingerprint density at radius 1 is 1.27 bits per heavy atom. The minimum atomic E-state index is -1.41. The van der Waals surface area contributed by atoms with Crippen molar-refractivity contribution in [2.75, 3.05) is 30.5 Å². The minimum Gasteiger partial charge on any atom is -0.385 e. The molecule has 9 nitrogen and oxygen atoms in total. The Morgan fingerprint density at radius 3 is 2.73 bits per heavy atom. The third-order valence-electron chi connectivity index (χ3n) is 6.03. The summed E-state index contributed by atoms with van der Waals surface area (Å²) in [5.41, 5.74) is 1.18. The van der Waals surface area contributed by atoms with Crippen molar-refractivity contribution < 1.29 is 18.3 Å². The lowest BCUT2D eigenvalue weighted by atomic mass is 9.85. The lowest BCUT2D eigenvalue weighted by molar-refractivity contribution is -0.123. The van der Waals surface area contributed by atoms with Crippen LogP contribution in [-0.4, -0.2) is 48.5 Å². The number of benzene rings is 1. The van der Waals surface area contributed by atoms with Gasteiger partial charge in [0.1, 0.15) is 5.69 Å². The summed E-state index contributed by atoms with van der Waals surface area (Å²) in [6, 6.07) is 2.58. The average molecular weight is 457 g/mol. The molecule has 174 valence electrons. The van der Waals surface area contributed by atoms with Crippen LogP contribution in [0.3, 0.4) is 0 Å². The quantitative estimate of drug-likeness (QED) is 0.411. The van der Waals surface area contributed by atoms with E-state index >= 15 is 0 Å². The predicted molar refractivity (Wildman–Crippen MR) is 118 cm³/mol. The first-order chi connectivity index (χ1) is 16.0. The number of fused-ring (bicyclic) bond motifs is 1. The van der Waals surface area contributed by atoms with Crippen LogP contribution >= 0.6 is 0 Å². The van der Waals surface area contributed by atoms with Crippen molar-refractivity contribution in [2.45, 2.75) is 36.5 Å². The Kier molecular flexibility index (Phi) is 5.37. The zero-order valence-corrected chi connectivity index (χ0v) is 18.1. The van der Waals surface area contributed by atoms with Crippen LogP contribution in [-0.2, 0) is 9.53 Å². The van der Waals surface area contributed by atoms with Gasteiger partial charge in [-0.05, 0) is 55.7 Å². The second-order valence-electron chi connectivity index (χ2n) is 8.37. The van der Waals surface area contributed by atoms with E-state index in [4.69, 9.17) is 4.74 Å². The Balaban J connectivity index is 1.47. The van der Waals surface area contributed by atoms with Gasteiger partial charge in [-0.1, -0.05) is 5.22 Å². The lowest BCUT2D eigenvalue weighted by Gasteiger charge is -2.46.